The molecule has 3 aliphatic carbocycles. The van der Waals surface area contributed by atoms with Gasteiger partial charge in [0.1, 0.15) is 5.78 Å². The summed E-state index contributed by atoms with van der Waals surface area (Å²) >= 11 is 0. The number of carbonyl (C=O) groups is 1. The smallest absolute Gasteiger partial charge is 0.138 e. The van der Waals surface area contributed by atoms with E-state index in [0.717, 1.165) is 32.1 Å². The summed E-state index contributed by atoms with van der Waals surface area (Å²) in [6.07, 6.45) is 7.83. The SMILES string of the molecule is CC1(C)C(=O)CC[C@]2(C)C3=CCC[C@@H](O)C3(C)CC[C@@H]12. The van der Waals surface area contributed by atoms with Crippen LogP contribution >= 0.6 is 0 Å². The first-order valence-corrected chi connectivity index (χ1v) is 8.15. The van der Waals surface area contributed by atoms with E-state index in [9.17, 15) is 9.90 Å². The summed E-state index contributed by atoms with van der Waals surface area (Å²) in [5, 5.41) is 10.5. The molecular formula is C18H28O2. The second-order valence-electron chi connectivity index (χ2n) is 8.28. The fourth-order valence-electron chi connectivity index (χ4n) is 5.61. The number of rotatable bonds is 0. The Morgan fingerprint density at radius 2 is 1.80 bits per heavy atom. The molecule has 0 aromatic heterocycles. The van der Waals surface area contributed by atoms with E-state index in [0.29, 0.717) is 18.1 Å². The zero-order chi connectivity index (χ0) is 14.8. The van der Waals surface area contributed by atoms with Crippen molar-refractivity contribution < 1.29 is 9.90 Å². The fourth-order valence-corrected chi connectivity index (χ4v) is 5.61. The van der Waals surface area contributed by atoms with Crippen molar-refractivity contribution >= 4 is 5.78 Å². The summed E-state index contributed by atoms with van der Waals surface area (Å²) in [5.41, 5.74) is 1.30. The molecule has 0 saturated heterocycles. The van der Waals surface area contributed by atoms with Gasteiger partial charge in [-0.05, 0) is 43.4 Å². The Morgan fingerprint density at radius 3 is 2.50 bits per heavy atom. The molecule has 1 unspecified atom stereocenters. The summed E-state index contributed by atoms with van der Waals surface area (Å²) in [4.78, 5) is 12.3. The number of fused-ring (bicyclic) bond motifs is 3. The molecule has 2 fully saturated rings. The number of allylic oxidation sites excluding steroid dienone is 1. The average Bonchev–Trinajstić information content (AvgIpc) is 2.37. The highest BCUT2D eigenvalue weighted by Gasteiger charge is 2.59. The number of aliphatic hydroxyl groups is 1. The molecule has 0 amide bonds. The van der Waals surface area contributed by atoms with Crippen LogP contribution in [0.15, 0.2) is 11.6 Å². The maximum atomic E-state index is 12.3. The van der Waals surface area contributed by atoms with E-state index >= 15 is 0 Å². The van der Waals surface area contributed by atoms with Gasteiger partial charge in [0.15, 0.2) is 0 Å². The summed E-state index contributed by atoms with van der Waals surface area (Å²) < 4.78 is 0. The zero-order valence-corrected chi connectivity index (χ0v) is 13.3. The van der Waals surface area contributed by atoms with Gasteiger partial charge in [-0.3, -0.25) is 4.79 Å². The van der Waals surface area contributed by atoms with Crippen LogP contribution in [0.4, 0.5) is 0 Å². The van der Waals surface area contributed by atoms with Gasteiger partial charge in [-0.1, -0.05) is 39.3 Å². The molecule has 0 spiro atoms. The largest absolute Gasteiger partial charge is 0.392 e. The summed E-state index contributed by atoms with van der Waals surface area (Å²) in [7, 11) is 0. The van der Waals surface area contributed by atoms with Gasteiger partial charge in [0.25, 0.3) is 0 Å². The molecule has 112 valence electrons. The molecule has 3 rings (SSSR count). The van der Waals surface area contributed by atoms with Gasteiger partial charge in [0.2, 0.25) is 0 Å². The van der Waals surface area contributed by atoms with Gasteiger partial charge >= 0.3 is 0 Å². The lowest BCUT2D eigenvalue weighted by Gasteiger charge is -2.60. The van der Waals surface area contributed by atoms with Crippen LogP contribution in [-0.4, -0.2) is 17.0 Å². The van der Waals surface area contributed by atoms with E-state index in [4.69, 9.17) is 0 Å². The maximum absolute atomic E-state index is 12.3. The van der Waals surface area contributed by atoms with E-state index in [-0.39, 0.29) is 22.3 Å². The van der Waals surface area contributed by atoms with Crippen molar-refractivity contribution in [1.29, 1.82) is 0 Å². The molecule has 0 aliphatic heterocycles. The first-order chi connectivity index (χ1) is 9.23. The predicted molar refractivity (Wildman–Crippen MR) is 80.3 cm³/mol. The van der Waals surface area contributed by atoms with Crippen LogP contribution in [0, 0.1) is 22.2 Å². The highest BCUT2D eigenvalue weighted by molar-refractivity contribution is 5.85. The molecule has 0 bridgehead atoms. The molecule has 3 aliphatic rings. The van der Waals surface area contributed by atoms with Crippen molar-refractivity contribution in [2.75, 3.05) is 0 Å². The summed E-state index contributed by atoms with van der Waals surface area (Å²) in [5.74, 6) is 0.862. The van der Waals surface area contributed by atoms with Crippen LogP contribution in [0.2, 0.25) is 0 Å². The molecule has 2 saturated carbocycles. The van der Waals surface area contributed by atoms with Gasteiger partial charge in [0.05, 0.1) is 6.10 Å². The van der Waals surface area contributed by atoms with Gasteiger partial charge in [-0.15, -0.1) is 0 Å². The van der Waals surface area contributed by atoms with E-state index < -0.39 is 0 Å². The molecule has 20 heavy (non-hydrogen) atoms. The predicted octanol–water partition coefficient (Wildman–Crippen LogP) is 3.88. The third-order valence-electron chi connectivity index (χ3n) is 6.94. The molecule has 2 heteroatoms. The Bertz CT molecular complexity index is 476. The molecule has 4 atom stereocenters. The first-order valence-electron chi connectivity index (χ1n) is 8.15. The standard InChI is InChI=1S/C18H28O2/c1-16(2)12-8-10-18(4)13(6-5-7-15(18)20)17(12,3)11-9-14(16)19/h6,12,15,20H,5,7-11H2,1-4H3/t12-,15+,17-,18?/m0/s1. The van der Waals surface area contributed by atoms with Crippen molar-refractivity contribution in [1.82, 2.24) is 0 Å². The minimum Gasteiger partial charge on any atom is -0.392 e. The molecule has 0 aromatic carbocycles. The van der Waals surface area contributed by atoms with Crippen LogP contribution in [0.25, 0.3) is 0 Å². The third kappa shape index (κ3) is 1.63. The van der Waals surface area contributed by atoms with Crippen LogP contribution in [0.3, 0.4) is 0 Å². The van der Waals surface area contributed by atoms with E-state index in [1.54, 1.807) is 0 Å². The Kier molecular flexibility index (Phi) is 3.00. The Balaban J connectivity index is 2.08. The molecule has 0 aromatic rings. The summed E-state index contributed by atoms with van der Waals surface area (Å²) in [6, 6.07) is 0. The molecule has 2 nitrogen and oxygen atoms in total. The Labute approximate surface area is 122 Å². The monoisotopic (exact) mass is 276 g/mol. The van der Waals surface area contributed by atoms with E-state index in [1.165, 1.54) is 5.57 Å². The van der Waals surface area contributed by atoms with Crippen molar-refractivity contribution in [2.45, 2.75) is 72.3 Å². The van der Waals surface area contributed by atoms with Gasteiger partial charge in [-0.2, -0.15) is 0 Å². The van der Waals surface area contributed by atoms with E-state index in [2.05, 4.69) is 33.8 Å². The maximum Gasteiger partial charge on any atom is 0.138 e. The second-order valence-corrected chi connectivity index (χ2v) is 8.28. The zero-order valence-electron chi connectivity index (χ0n) is 13.3. The van der Waals surface area contributed by atoms with E-state index in [1.807, 2.05) is 0 Å². The normalized spacial score (nSPS) is 47.2. The van der Waals surface area contributed by atoms with Gasteiger partial charge in [-0.25, -0.2) is 0 Å². The average molecular weight is 276 g/mol. The van der Waals surface area contributed by atoms with Crippen LogP contribution in [0.1, 0.15) is 66.2 Å². The van der Waals surface area contributed by atoms with Gasteiger partial charge in [0, 0.05) is 17.3 Å². The first kappa shape index (κ1) is 14.3. The van der Waals surface area contributed by atoms with Crippen molar-refractivity contribution in [3.05, 3.63) is 11.6 Å². The summed E-state index contributed by atoms with van der Waals surface area (Å²) in [6.45, 7) is 8.88. The van der Waals surface area contributed by atoms with Crippen molar-refractivity contribution in [3.63, 3.8) is 0 Å². The van der Waals surface area contributed by atoms with Crippen LogP contribution in [0.5, 0.6) is 0 Å². The third-order valence-corrected chi connectivity index (χ3v) is 6.94. The van der Waals surface area contributed by atoms with Crippen LogP contribution < -0.4 is 0 Å². The lowest BCUT2D eigenvalue weighted by Crippen LogP contribution is -2.56. The number of carbonyl (C=O) groups excluding carboxylic acids is 1. The molecule has 0 radical (unpaired) electrons. The Hall–Kier alpha value is -0.630. The minimum absolute atomic E-state index is 0.0556. The Morgan fingerprint density at radius 1 is 1.10 bits per heavy atom. The highest BCUT2D eigenvalue weighted by Crippen LogP contribution is 2.65. The lowest BCUT2D eigenvalue weighted by molar-refractivity contribution is -0.143. The molecule has 0 heterocycles. The molecule has 1 N–H and O–H groups in total. The number of hydrogen-bond acceptors (Lipinski definition) is 2. The lowest BCUT2D eigenvalue weighted by atomic mass is 9.43. The number of hydrogen-bond donors (Lipinski definition) is 1. The number of aliphatic hydroxyl groups excluding tert-OH is 1. The fraction of sp³-hybridized carbons (Fsp3) is 0.833. The number of Topliss-reactive ketones (excluding diaryl/α,β-unsaturated/α-hetero) is 1. The van der Waals surface area contributed by atoms with Crippen molar-refractivity contribution in [3.8, 4) is 0 Å². The molecular weight excluding hydrogens is 248 g/mol. The quantitative estimate of drug-likeness (QED) is 0.682. The highest BCUT2D eigenvalue weighted by atomic mass is 16.3. The number of ketones is 1. The van der Waals surface area contributed by atoms with Gasteiger partial charge < -0.3 is 5.11 Å². The minimum atomic E-state index is -0.211. The van der Waals surface area contributed by atoms with Crippen molar-refractivity contribution in [2.24, 2.45) is 22.2 Å². The topological polar surface area (TPSA) is 37.3 Å². The second kappa shape index (κ2) is 4.19. The van der Waals surface area contributed by atoms with Crippen LogP contribution in [-0.2, 0) is 4.79 Å².